The monoisotopic (exact) mass is 274 g/mol. The van der Waals surface area contributed by atoms with Crippen LogP contribution in [0.2, 0.25) is 5.02 Å². The van der Waals surface area contributed by atoms with Gasteiger partial charge in [0.15, 0.2) is 0 Å². The van der Waals surface area contributed by atoms with Crippen molar-refractivity contribution in [3.63, 3.8) is 0 Å². The number of benzene rings is 2. The highest BCUT2D eigenvalue weighted by Gasteiger charge is 2.00. The van der Waals surface area contributed by atoms with Crippen molar-refractivity contribution < 1.29 is 0 Å². The summed E-state index contributed by atoms with van der Waals surface area (Å²) in [6.07, 6.45) is 0. The van der Waals surface area contributed by atoms with Gasteiger partial charge in [0.1, 0.15) is 0 Å². The molecule has 0 unspecified atom stereocenters. The summed E-state index contributed by atoms with van der Waals surface area (Å²) < 4.78 is 0. The highest BCUT2D eigenvalue weighted by atomic mass is 35.5. The highest BCUT2D eigenvalue weighted by Crippen LogP contribution is 2.22. The first-order valence-corrected chi connectivity index (χ1v) is 7.34. The van der Waals surface area contributed by atoms with Crippen LogP contribution in [0.15, 0.2) is 61.2 Å². The Morgan fingerprint density at radius 3 is 2.33 bits per heavy atom. The SMILES string of the molecule is C=C(CSCc1ccccc1)c1ccc(Cl)cc1. The molecule has 0 atom stereocenters. The molecule has 2 rings (SSSR count). The summed E-state index contributed by atoms with van der Waals surface area (Å²) in [6.45, 7) is 4.12. The van der Waals surface area contributed by atoms with E-state index in [1.807, 2.05) is 42.1 Å². The summed E-state index contributed by atoms with van der Waals surface area (Å²) >= 11 is 7.75. The van der Waals surface area contributed by atoms with E-state index in [9.17, 15) is 0 Å². The third-order valence-corrected chi connectivity index (χ3v) is 3.98. The van der Waals surface area contributed by atoms with Crippen LogP contribution in [0.4, 0.5) is 0 Å². The van der Waals surface area contributed by atoms with Gasteiger partial charge < -0.3 is 0 Å². The van der Waals surface area contributed by atoms with Crippen molar-refractivity contribution in [3.05, 3.63) is 77.3 Å². The van der Waals surface area contributed by atoms with Crippen LogP contribution in [0, 0.1) is 0 Å². The largest absolute Gasteiger partial charge is 0.152 e. The fraction of sp³-hybridized carbons (Fsp3) is 0.125. The highest BCUT2D eigenvalue weighted by molar-refractivity contribution is 7.98. The molecule has 0 saturated carbocycles. The minimum atomic E-state index is 0.767. The lowest BCUT2D eigenvalue weighted by molar-refractivity contribution is 1.41. The van der Waals surface area contributed by atoms with Gasteiger partial charge in [0.25, 0.3) is 0 Å². The van der Waals surface area contributed by atoms with E-state index in [0.717, 1.165) is 22.1 Å². The zero-order valence-electron chi connectivity index (χ0n) is 10.1. The summed E-state index contributed by atoms with van der Waals surface area (Å²) in [5.41, 5.74) is 3.67. The second-order valence-electron chi connectivity index (χ2n) is 4.09. The molecule has 0 saturated heterocycles. The van der Waals surface area contributed by atoms with Crippen molar-refractivity contribution in [2.45, 2.75) is 5.75 Å². The molecule has 0 aliphatic carbocycles. The molecule has 2 aromatic carbocycles. The molecule has 0 aliphatic rings. The maximum atomic E-state index is 5.87. The first kappa shape index (κ1) is 13.3. The molecule has 2 aromatic rings. The van der Waals surface area contributed by atoms with Crippen molar-refractivity contribution in [1.29, 1.82) is 0 Å². The van der Waals surface area contributed by atoms with Crippen molar-refractivity contribution >= 4 is 28.9 Å². The zero-order valence-corrected chi connectivity index (χ0v) is 11.7. The van der Waals surface area contributed by atoms with E-state index < -0.39 is 0 Å². The van der Waals surface area contributed by atoms with E-state index in [1.165, 1.54) is 11.1 Å². The van der Waals surface area contributed by atoms with Crippen LogP contribution in [-0.4, -0.2) is 5.75 Å². The third kappa shape index (κ3) is 3.94. The Balaban J connectivity index is 1.84. The van der Waals surface area contributed by atoms with Gasteiger partial charge in [-0.15, -0.1) is 0 Å². The lowest BCUT2D eigenvalue weighted by Gasteiger charge is -2.06. The summed E-state index contributed by atoms with van der Waals surface area (Å²) in [4.78, 5) is 0. The topological polar surface area (TPSA) is 0 Å². The predicted molar refractivity (Wildman–Crippen MR) is 83.1 cm³/mol. The summed E-state index contributed by atoms with van der Waals surface area (Å²) in [6, 6.07) is 18.3. The minimum absolute atomic E-state index is 0.767. The van der Waals surface area contributed by atoms with Gasteiger partial charge in [0.2, 0.25) is 0 Å². The number of hydrogen-bond donors (Lipinski definition) is 0. The lowest BCUT2D eigenvalue weighted by atomic mass is 10.1. The smallest absolute Gasteiger partial charge is 0.0406 e. The van der Waals surface area contributed by atoms with E-state index in [4.69, 9.17) is 11.6 Å². The maximum Gasteiger partial charge on any atom is 0.0406 e. The average molecular weight is 275 g/mol. The molecule has 0 bridgehead atoms. The van der Waals surface area contributed by atoms with Crippen LogP contribution in [0.3, 0.4) is 0 Å². The Hall–Kier alpha value is -1.18. The standard InChI is InChI=1S/C16H15ClS/c1-13(15-7-9-16(17)10-8-15)11-18-12-14-5-3-2-4-6-14/h2-10H,1,11-12H2. The molecule has 2 heteroatoms. The Labute approximate surface area is 118 Å². The van der Waals surface area contributed by atoms with Crippen molar-refractivity contribution in [2.75, 3.05) is 5.75 Å². The van der Waals surface area contributed by atoms with E-state index >= 15 is 0 Å². The van der Waals surface area contributed by atoms with E-state index in [1.54, 1.807) is 0 Å². The Morgan fingerprint density at radius 2 is 1.67 bits per heavy atom. The summed E-state index contributed by atoms with van der Waals surface area (Å²) in [7, 11) is 0. The number of rotatable bonds is 5. The van der Waals surface area contributed by atoms with Crippen LogP contribution in [0.5, 0.6) is 0 Å². The predicted octanol–water partition coefficient (Wildman–Crippen LogP) is 5.29. The van der Waals surface area contributed by atoms with Gasteiger partial charge in [-0.25, -0.2) is 0 Å². The van der Waals surface area contributed by atoms with Crippen molar-refractivity contribution in [1.82, 2.24) is 0 Å². The van der Waals surface area contributed by atoms with E-state index in [-0.39, 0.29) is 0 Å². The molecule has 0 aliphatic heterocycles. The van der Waals surface area contributed by atoms with Crippen LogP contribution < -0.4 is 0 Å². The van der Waals surface area contributed by atoms with Gasteiger partial charge in [0, 0.05) is 16.5 Å². The number of hydrogen-bond acceptors (Lipinski definition) is 1. The minimum Gasteiger partial charge on any atom is -0.152 e. The van der Waals surface area contributed by atoms with E-state index in [0.29, 0.717) is 0 Å². The molecular weight excluding hydrogens is 260 g/mol. The van der Waals surface area contributed by atoms with E-state index in [2.05, 4.69) is 30.8 Å². The number of thioether (sulfide) groups is 1. The van der Waals surface area contributed by atoms with Gasteiger partial charge >= 0.3 is 0 Å². The second-order valence-corrected chi connectivity index (χ2v) is 5.51. The third-order valence-electron chi connectivity index (χ3n) is 2.64. The quantitative estimate of drug-likeness (QED) is 0.714. The molecule has 0 aromatic heterocycles. The molecule has 0 N–H and O–H groups in total. The van der Waals surface area contributed by atoms with Crippen LogP contribution in [0.25, 0.3) is 5.57 Å². The Bertz CT molecular complexity index is 502. The second kappa shape index (κ2) is 6.67. The molecule has 0 amide bonds. The van der Waals surface area contributed by atoms with Crippen molar-refractivity contribution in [3.8, 4) is 0 Å². The van der Waals surface area contributed by atoms with Gasteiger partial charge in [-0.3, -0.25) is 0 Å². The van der Waals surface area contributed by atoms with Gasteiger partial charge in [0.05, 0.1) is 0 Å². The molecule has 0 radical (unpaired) electrons. The molecule has 0 spiro atoms. The fourth-order valence-electron chi connectivity index (χ4n) is 1.64. The first-order chi connectivity index (χ1) is 8.75. The average Bonchev–Trinajstić information content (AvgIpc) is 2.40. The molecule has 18 heavy (non-hydrogen) atoms. The number of halogens is 1. The van der Waals surface area contributed by atoms with Gasteiger partial charge in [-0.05, 0) is 28.8 Å². The Morgan fingerprint density at radius 1 is 1.00 bits per heavy atom. The molecule has 0 heterocycles. The van der Waals surface area contributed by atoms with Gasteiger partial charge in [-0.1, -0.05) is 60.6 Å². The molecule has 0 fully saturated rings. The molecule has 92 valence electrons. The fourth-order valence-corrected chi connectivity index (χ4v) is 2.70. The normalized spacial score (nSPS) is 10.3. The molecular formula is C16H15ClS. The first-order valence-electron chi connectivity index (χ1n) is 5.81. The lowest BCUT2D eigenvalue weighted by Crippen LogP contribution is -1.87. The summed E-state index contributed by atoms with van der Waals surface area (Å²) in [5.74, 6) is 1.96. The van der Waals surface area contributed by atoms with Crippen molar-refractivity contribution in [2.24, 2.45) is 0 Å². The van der Waals surface area contributed by atoms with Crippen LogP contribution in [-0.2, 0) is 5.75 Å². The maximum absolute atomic E-state index is 5.87. The Kier molecular flexibility index (Phi) is 4.91. The molecule has 0 nitrogen and oxygen atoms in total. The van der Waals surface area contributed by atoms with Gasteiger partial charge in [-0.2, -0.15) is 11.8 Å². The van der Waals surface area contributed by atoms with Crippen LogP contribution >= 0.6 is 23.4 Å². The zero-order chi connectivity index (χ0) is 12.8. The summed E-state index contributed by atoms with van der Waals surface area (Å²) in [5, 5.41) is 0.767. The van der Waals surface area contributed by atoms with Crippen LogP contribution in [0.1, 0.15) is 11.1 Å².